The molecule has 0 bridgehead atoms. The number of hydrogen-bond acceptors (Lipinski definition) is 0. The molecule has 4 atom stereocenters. The van der Waals surface area contributed by atoms with E-state index in [0.717, 1.165) is 35.0 Å². The molecule has 3 saturated carbocycles. The zero-order valence-corrected chi connectivity index (χ0v) is 18.1. The van der Waals surface area contributed by atoms with Crippen LogP contribution in [0.1, 0.15) is 89.9 Å². The molecule has 1 aliphatic heterocycles. The lowest BCUT2D eigenvalue weighted by atomic mass is 9.68. The first kappa shape index (κ1) is 18.7. The van der Waals surface area contributed by atoms with Crippen LogP contribution in [0.3, 0.4) is 0 Å². The average molecular weight is 383 g/mol. The van der Waals surface area contributed by atoms with Crippen molar-refractivity contribution >= 4 is 13.2 Å². The summed E-state index contributed by atoms with van der Waals surface area (Å²) < 4.78 is 0. The highest BCUT2D eigenvalue weighted by atomic mass is 31.1. The average Bonchev–Trinajstić information content (AvgIpc) is 3.11. The van der Waals surface area contributed by atoms with Gasteiger partial charge in [0.2, 0.25) is 0 Å². The highest BCUT2D eigenvalue weighted by Crippen LogP contribution is 2.69. The molecule has 4 unspecified atom stereocenters. The maximum Gasteiger partial charge on any atom is -0.0107 e. The molecule has 4 fully saturated rings. The van der Waals surface area contributed by atoms with Crippen molar-refractivity contribution in [2.45, 2.75) is 101 Å². The van der Waals surface area contributed by atoms with Crippen molar-refractivity contribution < 1.29 is 0 Å². The van der Waals surface area contributed by atoms with Gasteiger partial charge in [-0.1, -0.05) is 89.6 Å². The van der Waals surface area contributed by atoms with Crippen molar-refractivity contribution in [2.24, 2.45) is 23.7 Å². The normalized spacial score (nSPS) is 38.6. The molecule has 4 aliphatic rings. The lowest BCUT2D eigenvalue weighted by molar-refractivity contribution is 0.175. The minimum Gasteiger partial charge on any atom is -0.0678 e. The van der Waals surface area contributed by atoms with Gasteiger partial charge in [-0.05, 0) is 78.8 Å². The Morgan fingerprint density at radius 1 is 0.519 bits per heavy atom. The van der Waals surface area contributed by atoms with Gasteiger partial charge in [-0.15, -0.1) is 0 Å². The summed E-state index contributed by atoms with van der Waals surface area (Å²) in [5.41, 5.74) is 2.14. The molecular formula is C26H39P. The van der Waals surface area contributed by atoms with E-state index in [1.807, 2.05) is 0 Å². The van der Waals surface area contributed by atoms with E-state index in [9.17, 15) is 0 Å². The summed E-state index contributed by atoms with van der Waals surface area (Å²) in [6.07, 6.45) is 21.5. The molecule has 1 saturated heterocycles. The van der Waals surface area contributed by atoms with E-state index >= 15 is 0 Å². The predicted octanol–water partition coefficient (Wildman–Crippen LogP) is 7.51. The van der Waals surface area contributed by atoms with Crippen molar-refractivity contribution in [1.82, 2.24) is 0 Å². The van der Waals surface area contributed by atoms with Gasteiger partial charge in [-0.2, -0.15) is 0 Å². The molecule has 3 aliphatic carbocycles. The van der Waals surface area contributed by atoms with Crippen LogP contribution in [0.4, 0.5) is 0 Å². The zero-order chi connectivity index (χ0) is 18.1. The van der Waals surface area contributed by atoms with Crippen LogP contribution in [-0.4, -0.2) is 11.3 Å². The van der Waals surface area contributed by atoms with Crippen molar-refractivity contribution in [3.8, 4) is 0 Å². The van der Waals surface area contributed by atoms with Crippen LogP contribution >= 0.6 is 7.92 Å². The van der Waals surface area contributed by atoms with Gasteiger partial charge >= 0.3 is 0 Å². The third-order valence-corrected chi connectivity index (χ3v) is 12.5. The van der Waals surface area contributed by atoms with Crippen LogP contribution in [0.25, 0.3) is 0 Å². The van der Waals surface area contributed by atoms with Gasteiger partial charge in [0.05, 0.1) is 0 Å². The minimum absolute atomic E-state index is 0.0369. The quantitative estimate of drug-likeness (QED) is 0.474. The fraction of sp³-hybridized carbons (Fsp3) is 0.769. The summed E-state index contributed by atoms with van der Waals surface area (Å²) in [6.45, 7) is 0. The fourth-order valence-corrected chi connectivity index (χ4v) is 12.4. The van der Waals surface area contributed by atoms with E-state index in [2.05, 4.69) is 30.3 Å². The van der Waals surface area contributed by atoms with Gasteiger partial charge in [0.1, 0.15) is 0 Å². The Kier molecular flexibility index (Phi) is 5.92. The van der Waals surface area contributed by atoms with E-state index in [1.165, 1.54) is 51.4 Å². The van der Waals surface area contributed by atoms with Gasteiger partial charge in [0, 0.05) is 0 Å². The molecule has 148 valence electrons. The van der Waals surface area contributed by atoms with Crippen molar-refractivity contribution in [2.75, 3.05) is 0 Å². The van der Waals surface area contributed by atoms with Crippen LogP contribution < -0.4 is 5.30 Å². The molecule has 1 heterocycles. The number of hydrogen-bond donors (Lipinski definition) is 0. The van der Waals surface area contributed by atoms with E-state index in [-0.39, 0.29) is 7.92 Å². The molecular weight excluding hydrogens is 343 g/mol. The Balaban J connectivity index is 1.54. The minimum atomic E-state index is 0.0369. The van der Waals surface area contributed by atoms with E-state index in [4.69, 9.17) is 0 Å². The lowest BCUT2D eigenvalue weighted by Crippen LogP contribution is -2.32. The SMILES string of the molecule is c1ccc(P2C(C3CCCCC3)C3CCCCC3C2C2CCCCC2)cc1. The second-order valence-electron chi connectivity index (χ2n) is 10.1. The monoisotopic (exact) mass is 382 g/mol. The largest absolute Gasteiger partial charge is 0.0678 e. The summed E-state index contributed by atoms with van der Waals surface area (Å²) in [4.78, 5) is 0. The summed E-state index contributed by atoms with van der Waals surface area (Å²) in [5, 5.41) is 1.79. The van der Waals surface area contributed by atoms with Gasteiger partial charge in [0.15, 0.2) is 0 Å². The van der Waals surface area contributed by atoms with Crippen LogP contribution in [0.15, 0.2) is 30.3 Å². The highest BCUT2D eigenvalue weighted by Gasteiger charge is 2.55. The van der Waals surface area contributed by atoms with Crippen molar-refractivity contribution in [1.29, 1.82) is 0 Å². The standard InChI is InChI=1S/C26H39P/c1-4-12-20(13-5-1)25-23-18-10-11-19-24(23)26(21-14-6-2-7-15-21)27(25)22-16-8-3-9-17-22/h3,8-9,16-17,20-21,23-26H,1-2,4-7,10-15,18-19H2. The molecule has 5 rings (SSSR count). The van der Waals surface area contributed by atoms with E-state index < -0.39 is 0 Å². The first-order chi connectivity index (χ1) is 13.4. The van der Waals surface area contributed by atoms with E-state index in [1.54, 1.807) is 43.8 Å². The van der Waals surface area contributed by atoms with Gasteiger partial charge in [-0.25, -0.2) is 0 Å². The molecule has 0 spiro atoms. The van der Waals surface area contributed by atoms with Crippen molar-refractivity contribution in [3.05, 3.63) is 30.3 Å². The van der Waals surface area contributed by atoms with Crippen LogP contribution in [0, 0.1) is 23.7 Å². The molecule has 0 aromatic heterocycles. The molecule has 1 aromatic rings. The Morgan fingerprint density at radius 3 is 1.44 bits per heavy atom. The molecule has 0 radical (unpaired) electrons. The first-order valence-corrected chi connectivity index (χ1v) is 13.7. The molecule has 0 N–H and O–H groups in total. The molecule has 27 heavy (non-hydrogen) atoms. The Labute approximate surface area is 168 Å². The lowest BCUT2D eigenvalue weighted by Gasteiger charge is -2.39. The van der Waals surface area contributed by atoms with Crippen LogP contribution in [0.2, 0.25) is 0 Å². The topological polar surface area (TPSA) is 0 Å². The van der Waals surface area contributed by atoms with Gasteiger partial charge < -0.3 is 0 Å². The van der Waals surface area contributed by atoms with Gasteiger partial charge in [-0.3, -0.25) is 0 Å². The maximum atomic E-state index is 2.54. The molecule has 0 nitrogen and oxygen atoms in total. The Morgan fingerprint density at radius 2 is 0.963 bits per heavy atom. The van der Waals surface area contributed by atoms with Crippen LogP contribution in [-0.2, 0) is 0 Å². The summed E-state index contributed by atoms with van der Waals surface area (Å²) in [6, 6.07) is 12.0. The fourth-order valence-electron chi connectivity index (χ4n) is 7.70. The third-order valence-electron chi connectivity index (χ3n) is 8.71. The predicted molar refractivity (Wildman–Crippen MR) is 119 cm³/mol. The summed E-state index contributed by atoms with van der Waals surface area (Å²) in [7, 11) is 0.0369. The smallest absolute Gasteiger partial charge is 0.0107 e. The number of benzene rings is 1. The summed E-state index contributed by atoms with van der Waals surface area (Å²) >= 11 is 0. The third kappa shape index (κ3) is 3.66. The van der Waals surface area contributed by atoms with Gasteiger partial charge in [0.25, 0.3) is 0 Å². The highest BCUT2D eigenvalue weighted by molar-refractivity contribution is 7.67. The number of fused-ring (bicyclic) bond motifs is 1. The summed E-state index contributed by atoms with van der Waals surface area (Å²) in [5.74, 6) is 4.29. The maximum absolute atomic E-state index is 2.54. The molecule has 0 amide bonds. The second-order valence-corrected chi connectivity index (χ2v) is 12.7. The Hall–Kier alpha value is -0.350. The molecule has 1 aromatic carbocycles. The second kappa shape index (κ2) is 8.57. The number of rotatable bonds is 3. The van der Waals surface area contributed by atoms with E-state index in [0.29, 0.717) is 0 Å². The molecule has 1 heteroatoms. The van der Waals surface area contributed by atoms with Crippen molar-refractivity contribution in [3.63, 3.8) is 0 Å². The van der Waals surface area contributed by atoms with Crippen LogP contribution in [0.5, 0.6) is 0 Å². The first-order valence-electron chi connectivity index (χ1n) is 12.3. The Bertz CT molecular complexity index is 549. The zero-order valence-electron chi connectivity index (χ0n) is 17.2.